The number of hydrogen-bond donors (Lipinski definition) is 2. The average molecular weight is 262 g/mol. The summed E-state index contributed by atoms with van der Waals surface area (Å²) in [6.45, 7) is 3.12. The van der Waals surface area contributed by atoms with Crippen LogP contribution in [0.3, 0.4) is 0 Å². The standard InChI is InChI=1S/C14H14O5/c1-14(2,17)13-11(16)10-8(18-13)5-3-7-4-6-9(15)19-12(7)10/h3-6,11,13,16-17H,1-2H3/t11-,13+/m0/s1. The van der Waals surface area contributed by atoms with E-state index in [1.54, 1.807) is 32.0 Å². The second kappa shape index (κ2) is 3.82. The van der Waals surface area contributed by atoms with Gasteiger partial charge < -0.3 is 19.4 Å². The molecule has 2 atom stereocenters. The molecule has 3 rings (SSSR count). The summed E-state index contributed by atoms with van der Waals surface area (Å²) in [5, 5.41) is 21.0. The molecule has 0 bridgehead atoms. The van der Waals surface area contributed by atoms with Crippen LogP contribution in [0, 0.1) is 0 Å². The van der Waals surface area contributed by atoms with Gasteiger partial charge in [-0.2, -0.15) is 0 Å². The quantitative estimate of drug-likeness (QED) is 0.758. The van der Waals surface area contributed by atoms with Crippen LogP contribution in [-0.4, -0.2) is 21.9 Å². The molecule has 0 unspecified atom stereocenters. The van der Waals surface area contributed by atoms with E-state index in [1.165, 1.54) is 6.07 Å². The Morgan fingerprint density at radius 2 is 1.89 bits per heavy atom. The summed E-state index contributed by atoms with van der Waals surface area (Å²) < 4.78 is 10.7. The van der Waals surface area contributed by atoms with Gasteiger partial charge in [0, 0.05) is 11.5 Å². The van der Waals surface area contributed by atoms with Crippen molar-refractivity contribution in [2.75, 3.05) is 0 Å². The summed E-state index contributed by atoms with van der Waals surface area (Å²) >= 11 is 0. The van der Waals surface area contributed by atoms with Gasteiger partial charge in [0.15, 0.2) is 6.10 Å². The van der Waals surface area contributed by atoms with Gasteiger partial charge in [0.05, 0.1) is 11.2 Å². The lowest BCUT2D eigenvalue weighted by atomic mass is 9.94. The fraction of sp³-hybridized carbons (Fsp3) is 0.357. The molecule has 19 heavy (non-hydrogen) atoms. The van der Waals surface area contributed by atoms with Gasteiger partial charge in [0.1, 0.15) is 17.4 Å². The van der Waals surface area contributed by atoms with Crippen LogP contribution in [0.2, 0.25) is 0 Å². The fourth-order valence-electron chi connectivity index (χ4n) is 2.40. The van der Waals surface area contributed by atoms with Crippen LogP contribution in [0.25, 0.3) is 11.0 Å². The molecule has 1 aliphatic rings. The highest BCUT2D eigenvalue weighted by Crippen LogP contribution is 2.43. The summed E-state index contributed by atoms with van der Waals surface area (Å²) in [5.41, 5.74) is -0.966. The van der Waals surface area contributed by atoms with Crippen molar-refractivity contribution in [2.45, 2.75) is 31.7 Å². The Kier molecular flexibility index (Phi) is 2.45. The number of aliphatic hydroxyl groups is 2. The summed E-state index contributed by atoms with van der Waals surface area (Å²) in [5.74, 6) is 0.432. The number of rotatable bonds is 1. The molecule has 1 aromatic carbocycles. The number of hydrogen-bond acceptors (Lipinski definition) is 5. The molecule has 2 N–H and O–H groups in total. The zero-order valence-corrected chi connectivity index (χ0v) is 10.6. The zero-order valence-electron chi connectivity index (χ0n) is 10.6. The Hall–Kier alpha value is -1.85. The monoisotopic (exact) mass is 262 g/mol. The van der Waals surface area contributed by atoms with Crippen molar-refractivity contribution in [3.05, 3.63) is 40.2 Å². The largest absolute Gasteiger partial charge is 0.484 e. The van der Waals surface area contributed by atoms with Crippen molar-refractivity contribution in [3.63, 3.8) is 0 Å². The molecule has 1 aromatic heterocycles. The maximum atomic E-state index is 11.3. The van der Waals surface area contributed by atoms with Gasteiger partial charge in [0.25, 0.3) is 0 Å². The molecule has 0 saturated heterocycles. The van der Waals surface area contributed by atoms with E-state index in [-0.39, 0.29) is 0 Å². The number of ether oxygens (including phenoxy) is 1. The van der Waals surface area contributed by atoms with Crippen LogP contribution < -0.4 is 10.4 Å². The van der Waals surface area contributed by atoms with E-state index >= 15 is 0 Å². The van der Waals surface area contributed by atoms with Crippen molar-refractivity contribution < 1.29 is 19.4 Å². The highest BCUT2D eigenvalue weighted by Gasteiger charge is 2.43. The summed E-state index contributed by atoms with van der Waals surface area (Å²) in [6, 6.07) is 6.40. The van der Waals surface area contributed by atoms with Crippen LogP contribution in [0.15, 0.2) is 33.5 Å². The lowest BCUT2D eigenvalue weighted by Gasteiger charge is -2.27. The molecule has 0 spiro atoms. The molecule has 0 aliphatic carbocycles. The van der Waals surface area contributed by atoms with Crippen LogP contribution in [0.4, 0.5) is 0 Å². The number of benzene rings is 1. The molecule has 5 nitrogen and oxygen atoms in total. The normalized spacial score (nSPS) is 22.3. The van der Waals surface area contributed by atoms with Crippen molar-refractivity contribution in [3.8, 4) is 5.75 Å². The third kappa shape index (κ3) is 1.82. The lowest BCUT2D eigenvalue weighted by molar-refractivity contribution is -0.0761. The molecule has 100 valence electrons. The van der Waals surface area contributed by atoms with Crippen molar-refractivity contribution in [1.82, 2.24) is 0 Å². The van der Waals surface area contributed by atoms with Crippen LogP contribution >= 0.6 is 0 Å². The molecule has 0 fully saturated rings. The van der Waals surface area contributed by atoms with Crippen molar-refractivity contribution in [1.29, 1.82) is 0 Å². The second-order valence-corrected chi connectivity index (χ2v) is 5.29. The first-order valence-corrected chi connectivity index (χ1v) is 6.02. The van der Waals surface area contributed by atoms with E-state index < -0.39 is 23.4 Å². The van der Waals surface area contributed by atoms with Gasteiger partial charge in [-0.05, 0) is 32.0 Å². The van der Waals surface area contributed by atoms with E-state index in [0.717, 1.165) is 0 Å². The number of aliphatic hydroxyl groups excluding tert-OH is 1. The Balaban J connectivity index is 2.24. The molecule has 1 aliphatic heterocycles. The van der Waals surface area contributed by atoms with E-state index in [0.29, 0.717) is 22.3 Å². The number of fused-ring (bicyclic) bond motifs is 3. The fourth-order valence-corrected chi connectivity index (χ4v) is 2.40. The molecule has 2 heterocycles. The minimum atomic E-state index is -1.21. The second-order valence-electron chi connectivity index (χ2n) is 5.29. The first kappa shape index (κ1) is 12.2. The highest BCUT2D eigenvalue weighted by molar-refractivity contribution is 5.83. The summed E-state index contributed by atoms with van der Waals surface area (Å²) in [6.07, 6.45) is -1.83. The Labute approximate surface area is 109 Å². The van der Waals surface area contributed by atoms with Gasteiger partial charge in [-0.1, -0.05) is 0 Å². The van der Waals surface area contributed by atoms with E-state index in [4.69, 9.17) is 9.15 Å². The first-order valence-electron chi connectivity index (χ1n) is 6.02. The maximum absolute atomic E-state index is 11.3. The van der Waals surface area contributed by atoms with Crippen LogP contribution in [-0.2, 0) is 0 Å². The van der Waals surface area contributed by atoms with Crippen molar-refractivity contribution >= 4 is 11.0 Å². The molecule has 0 saturated carbocycles. The average Bonchev–Trinajstić information content (AvgIpc) is 2.67. The summed E-state index contributed by atoms with van der Waals surface area (Å²) in [7, 11) is 0. The lowest BCUT2D eigenvalue weighted by Crippen LogP contribution is -2.41. The third-order valence-corrected chi connectivity index (χ3v) is 3.32. The minimum Gasteiger partial charge on any atom is -0.484 e. The topological polar surface area (TPSA) is 79.9 Å². The molecular formula is C14H14O5. The van der Waals surface area contributed by atoms with E-state index in [2.05, 4.69) is 0 Å². The van der Waals surface area contributed by atoms with Gasteiger partial charge in [0.2, 0.25) is 0 Å². The molecule has 2 aromatic rings. The molecule has 0 radical (unpaired) electrons. The first-order chi connectivity index (χ1) is 8.88. The van der Waals surface area contributed by atoms with Gasteiger partial charge >= 0.3 is 5.63 Å². The molecular weight excluding hydrogens is 248 g/mol. The van der Waals surface area contributed by atoms with Crippen LogP contribution in [0.5, 0.6) is 5.75 Å². The van der Waals surface area contributed by atoms with Gasteiger partial charge in [-0.3, -0.25) is 0 Å². The predicted octanol–water partition coefficient (Wildman–Crippen LogP) is 1.36. The Morgan fingerprint density at radius 3 is 2.58 bits per heavy atom. The zero-order chi connectivity index (χ0) is 13.8. The Morgan fingerprint density at radius 1 is 1.21 bits per heavy atom. The van der Waals surface area contributed by atoms with Gasteiger partial charge in [-0.25, -0.2) is 4.79 Å². The van der Waals surface area contributed by atoms with Crippen molar-refractivity contribution in [2.24, 2.45) is 0 Å². The maximum Gasteiger partial charge on any atom is 0.336 e. The molecule has 5 heteroatoms. The SMILES string of the molecule is CC(C)(O)[C@@H]1Oc2ccc3ccc(=O)oc3c2[C@@H]1O. The van der Waals surface area contributed by atoms with Crippen LogP contribution in [0.1, 0.15) is 25.5 Å². The third-order valence-electron chi connectivity index (χ3n) is 3.32. The summed E-state index contributed by atoms with van der Waals surface area (Å²) in [4.78, 5) is 11.3. The smallest absolute Gasteiger partial charge is 0.336 e. The van der Waals surface area contributed by atoms with E-state index in [9.17, 15) is 15.0 Å². The van der Waals surface area contributed by atoms with Gasteiger partial charge in [-0.15, -0.1) is 0 Å². The highest BCUT2D eigenvalue weighted by atomic mass is 16.5. The minimum absolute atomic E-state index is 0.309. The Bertz CT molecular complexity index is 695. The van der Waals surface area contributed by atoms with E-state index in [1.807, 2.05) is 0 Å². The predicted molar refractivity (Wildman–Crippen MR) is 68.2 cm³/mol. The molecule has 0 amide bonds.